The average Bonchev–Trinajstić information content (AvgIpc) is 2.15. The first-order valence-corrected chi connectivity index (χ1v) is 4.69. The van der Waals surface area contributed by atoms with Gasteiger partial charge in [0, 0.05) is 6.04 Å². The van der Waals surface area contributed by atoms with Gasteiger partial charge in [0.15, 0.2) is 0 Å². The minimum atomic E-state index is 0.153. The Morgan fingerprint density at radius 2 is 1.77 bits per heavy atom. The molecule has 2 N–H and O–H groups in total. The van der Waals surface area contributed by atoms with Crippen LogP contribution < -0.4 is 5.73 Å². The molecule has 0 spiro atoms. The topological polar surface area (TPSA) is 26.0 Å². The third-order valence-electron chi connectivity index (χ3n) is 2.08. The van der Waals surface area contributed by atoms with Gasteiger partial charge in [-0.1, -0.05) is 56.3 Å². The van der Waals surface area contributed by atoms with E-state index in [0.29, 0.717) is 5.92 Å². The van der Waals surface area contributed by atoms with Gasteiger partial charge in [0.1, 0.15) is 0 Å². The van der Waals surface area contributed by atoms with Crippen LogP contribution in [0.4, 0.5) is 0 Å². The molecule has 0 unspecified atom stereocenters. The Kier molecular flexibility index (Phi) is 3.71. The molecule has 0 aliphatic carbocycles. The summed E-state index contributed by atoms with van der Waals surface area (Å²) in [6, 6.07) is 10.4. The van der Waals surface area contributed by atoms with Gasteiger partial charge in [0.2, 0.25) is 0 Å². The van der Waals surface area contributed by atoms with E-state index in [2.05, 4.69) is 38.1 Å². The number of benzene rings is 1. The molecule has 0 heterocycles. The van der Waals surface area contributed by atoms with E-state index in [1.165, 1.54) is 5.56 Å². The van der Waals surface area contributed by atoms with E-state index in [1.807, 2.05) is 18.2 Å². The van der Waals surface area contributed by atoms with E-state index >= 15 is 0 Å². The molecular weight excluding hydrogens is 158 g/mol. The van der Waals surface area contributed by atoms with E-state index in [4.69, 9.17) is 5.73 Å². The third kappa shape index (κ3) is 3.43. The lowest BCUT2D eigenvalue weighted by Crippen LogP contribution is -2.23. The zero-order valence-corrected chi connectivity index (χ0v) is 8.27. The predicted molar refractivity (Wildman–Crippen MR) is 58.3 cm³/mol. The van der Waals surface area contributed by atoms with Crippen molar-refractivity contribution < 1.29 is 0 Å². The van der Waals surface area contributed by atoms with Crippen LogP contribution in [-0.2, 0) is 0 Å². The van der Waals surface area contributed by atoms with Gasteiger partial charge in [-0.05, 0) is 11.5 Å². The number of hydrogen-bond donors (Lipinski definition) is 1. The van der Waals surface area contributed by atoms with Crippen LogP contribution in [0.25, 0.3) is 6.08 Å². The fraction of sp³-hybridized carbons (Fsp3) is 0.333. The monoisotopic (exact) mass is 175 g/mol. The maximum absolute atomic E-state index is 5.88. The van der Waals surface area contributed by atoms with E-state index < -0.39 is 0 Å². The van der Waals surface area contributed by atoms with Gasteiger partial charge in [-0.25, -0.2) is 0 Å². The highest BCUT2D eigenvalue weighted by molar-refractivity contribution is 5.49. The summed E-state index contributed by atoms with van der Waals surface area (Å²) < 4.78 is 0. The van der Waals surface area contributed by atoms with Gasteiger partial charge in [-0.15, -0.1) is 0 Å². The highest BCUT2D eigenvalue weighted by Gasteiger charge is 2.01. The van der Waals surface area contributed by atoms with Gasteiger partial charge in [-0.3, -0.25) is 0 Å². The molecule has 0 amide bonds. The zero-order valence-electron chi connectivity index (χ0n) is 8.27. The van der Waals surface area contributed by atoms with E-state index in [1.54, 1.807) is 0 Å². The smallest absolute Gasteiger partial charge is 0.0250 e. The van der Waals surface area contributed by atoms with Crippen molar-refractivity contribution >= 4 is 6.08 Å². The Hall–Kier alpha value is -1.08. The van der Waals surface area contributed by atoms with Gasteiger partial charge in [0.25, 0.3) is 0 Å². The molecule has 1 atom stereocenters. The summed E-state index contributed by atoms with van der Waals surface area (Å²) >= 11 is 0. The molecule has 0 aliphatic heterocycles. The molecule has 0 aliphatic rings. The number of nitrogens with two attached hydrogens (primary N) is 1. The van der Waals surface area contributed by atoms with Gasteiger partial charge in [-0.2, -0.15) is 0 Å². The molecule has 1 rings (SSSR count). The summed E-state index contributed by atoms with van der Waals surface area (Å²) in [6.07, 6.45) is 4.13. The quantitative estimate of drug-likeness (QED) is 0.751. The molecule has 1 nitrogen and oxygen atoms in total. The fourth-order valence-corrected chi connectivity index (χ4v) is 1.01. The van der Waals surface area contributed by atoms with Crippen molar-refractivity contribution in [3.8, 4) is 0 Å². The van der Waals surface area contributed by atoms with Crippen molar-refractivity contribution in [1.82, 2.24) is 0 Å². The molecule has 0 fully saturated rings. The summed E-state index contributed by atoms with van der Waals surface area (Å²) in [7, 11) is 0. The largest absolute Gasteiger partial charge is 0.324 e. The summed E-state index contributed by atoms with van der Waals surface area (Å²) in [5, 5.41) is 0. The van der Waals surface area contributed by atoms with Gasteiger partial charge >= 0.3 is 0 Å². The first kappa shape index (κ1) is 10.0. The summed E-state index contributed by atoms with van der Waals surface area (Å²) in [4.78, 5) is 0. The van der Waals surface area contributed by atoms with Crippen molar-refractivity contribution in [3.05, 3.63) is 42.0 Å². The lowest BCUT2D eigenvalue weighted by Gasteiger charge is -2.09. The van der Waals surface area contributed by atoms with Crippen LogP contribution >= 0.6 is 0 Å². The third-order valence-corrected chi connectivity index (χ3v) is 2.08. The molecule has 1 heteroatoms. The first-order chi connectivity index (χ1) is 6.20. The Bertz CT molecular complexity index is 262. The zero-order chi connectivity index (χ0) is 9.68. The van der Waals surface area contributed by atoms with E-state index in [-0.39, 0.29) is 6.04 Å². The molecule has 13 heavy (non-hydrogen) atoms. The van der Waals surface area contributed by atoms with Crippen molar-refractivity contribution in [2.75, 3.05) is 0 Å². The summed E-state index contributed by atoms with van der Waals surface area (Å²) in [5.74, 6) is 0.500. The Morgan fingerprint density at radius 3 is 2.31 bits per heavy atom. The maximum Gasteiger partial charge on any atom is 0.0250 e. The van der Waals surface area contributed by atoms with Gasteiger partial charge < -0.3 is 5.73 Å². The predicted octanol–water partition coefficient (Wildman–Crippen LogP) is 2.68. The summed E-state index contributed by atoms with van der Waals surface area (Å²) in [5.41, 5.74) is 7.08. The molecule has 0 bridgehead atoms. The minimum Gasteiger partial charge on any atom is -0.324 e. The normalized spacial score (nSPS) is 13.8. The highest BCUT2D eigenvalue weighted by atomic mass is 14.6. The van der Waals surface area contributed by atoms with Crippen LogP contribution in [0.1, 0.15) is 19.4 Å². The molecule has 0 radical (unpaired) electrons. The Balaban J connectivity index is 2.59. The minimum absolute atomic E-state index is 0.153. The van der Waals surface area contributed by atoms with Crippen LogP contribution in [0, 0.1) is 5.92 Å². The van der Waals surface area contributed by atoms with Crippen molar-refractivity contribution in [3.63, 3.8) is 0 Å². The standard InChI is InChI=1S/C12H17N/c1-10(2)12(13)9-8-11-6-4-3-5-7-11/h3-10,12H,13H2,1-2H3/b9-8+/t12-/m1/s1. The van der Waals surface area contributed by atoms with Gasteiger partial charge in [0.05, 0.1) is 0 Å². The van der Waals surface area contributed by atoms with Crippen molar-refractivity contribution in [2.45, 2.75) is 19.9 Å². The summed E-state index contributed by atoms with van der Waals surface area (Å²) in [6.45, 7) is 4.25. The molecule has 1 aromatic carbocycles. The molecule has 0 aromatic heterocycles. The van der Waals surface area contributed by atoms with E-state index in [9.17, 15) is 0 Å². The highest BCUT2D eigenvalue weighted by Crippen LogP contribution is 2.05. The molecular formula is C12H17N. The molecule has 70 valence electrons. The maximum atomic E-state index is 5.88. The van der Waals surface area contributed by atoms with E-state index in [0.717, 1.165) is 0 Å². The fourth-order valence-electron chi connectivity index (χ4n) is 1.01. The molecule has 1 aromatic rings. The first-order valence-electron chi connectivity index (χ1n) is 4.69. The van der Waals surface area contributed by atoms with Crippen molar-refractivity contribution in [2.24, 2.45) is 11.7 Å². The van der Waals surface area contributed by atoms with Crippen LogP contribution in [0.5, 0.6) is 0 Å². The Labute approximate surface area is 80.3 Å². The van der Waals surface area contributed by atoms with Crippen LogP contribution in [0.3, 0.4) is 0 Å². The lowest BCUT2D eigenvalue weighted by molar-refractivity contribution is 0.572. The molecule has 0 saturated carbocycles. The Morgan fingerprint density at radius 1 is 1.15 bits per heavy atom. The second-order valence-corrected chi connectivity index (χ2v) is 3.59. The number of rotatable bonds is 3. The SMILES string of the molecule is CC(C)[C@H](N)/C=C/c1ccccc1. The van der Waals surface area contributed by atoms with Crippen LogP contribution in [0.2, 0.25) is 0 Å². The second kappa shape index (κ2) is 4.83. The average molecular weight is 175 g/mol. The van der Waals surface area contributed by atoms with Crippen molar-refractivity contribution in [1.29, 1.82) is 0 Å². The lowest BCUT2D eigenvalue weighted by atomic mass is 10.0. The molecule has 0 saturated heterocycles. The number of hydrogen-bond acceptors (Lipinski definition) is 1. The van der Waals surface area contributed by atoms with Crippen LogP contribution in [-0.4, -0.2) is 6.04 Å². The van der Waals surface area contributed by atoms with Crippen LogP contribution in [0.15, 0.2) is 36.4 Å². The second-order valence-electron chi connectivity index (χ2n) is 3.59.